The van der Waals surface area contributed by atoms with Crippen LogP contribution < -0.4 is 16.0 Å². The van der Waals surface area contributed by atoms with E-state index in [1.54, 1.807) is 30.3 Å². The summed E-state index contributed by atoms with van der Waals surface area (Å²) in [5.74, 6) is 0.228. The van der Waals surface area contributed by atoms with E-state index in [4.69, 9.17) is 15.6 Å². The number of aliphatic carboxylic acids is 1. The van der Waals surface area contributed by atoms with Gasteiger partial charge in [-0.25, -0.2) is 0 Å². The lowest BCUT2D eigenvalue weighted by Gasteiger charge is -2.14. The second kappa shape index (κ2) is 9.79. The Morgan fingerprint density at radius 2 is 1.83 bits per heavy atom. The Hall–Kier alpha value is -2.12. The molecule has 0 saturated carbocycles. The highest BCUT2D eigenvalue weighted by Crippen LogP contribution is 2.35. The smallest absolute Gasteiger partial charge is 0.320 e. The molecule has 0 radical (unpaired) electrons. The first-order valence-electron chi connectivity index (χ1n) is 8.87. The molecular weight excluding hydrogens is 614 g/mol. The minimum Gasteiger partial charge on any atom is -0.508 e. The lowest BCUT2D eigenvalue weighted by Crippen LogP contribution is -2.32. The monoisotopic (exact) mass is 632 g/mol. The van der Waals surface area contributed by atoms with Gasteiger partial charge in [0.2, 0.25) is 5.56 Å². The number of phenolic OH excluding ortho intramolecular Hbond substituents is 1. The van der Waals surface area contributed by atoms with Crippen molar-refractivity contribution in [2.24, 2.45) is 5.73 Å². The van der Waals surface area contributed by atoms with Gasteiger partial charge in [-0.1, -0.05) is 6.07 Å². The van der Waals surface area contributed by atoms with Gasteiger partial charge in [-0.15, -0.1) is 0 Å². The van der Waals surface area contributed by atoms with E-state index in [2.05, 4.69) is 50.2 Å². The molecule has 0 aliphatic carbocycles. The first-order valence-corrected chi connectivity index (χ1v) is 11.0. The number of benzene rings is 2. The van der Waals surface area contributed by atoms with Gasteiger partial charge in [0, 0.05) is 23.7 Å². The maximum atomic E-state index is 11.5. The van der Waals surface area contributed by atoms with E-state index < -0.39 is 12.0 Å². The molecule has 0 unspecified atom stereocenters. The third-order valence-electron chi connectivity index (χ3n) is 4.31. The molecular formula is C21H18I2N2O5. The quantitative estimate of drug-likeness (QED) is 0.295. The van der Waals surface area contributed by atoms with Gasteiger partial charge in [-0.2, -0.15) is 0 Å². The van der Waals surface area contributed by atoms with Gasteiger partial charge in [0.15, 0.2) is 5.75 Å². The summed E-state index contributed by atoms with van der Waals surface area (Å²) < 4.78 is 7.69. The molecule has 7 nitrogen and oxygen atoms in total. The fraction of sp³-hybridized carbons (Fsp3) is 0.143. The minimum atomic E-state index is -1.04. The Bertz CT molecular complexity index is 1120. The number of phenols is 1. The zero-order chi connectivity index (χ0) is 21.8. The Balaban J connectivity index is 1.84. The van der Waals surface area contributed by atoms with Crippen LogP contribution >= 0.6 is 45.2 Å². The molecule has 9 heteroatoms. The number of hydrogen-bond acceptors (Lipinski definition) is 5. The van der Waals surface area contributed by atoms with Crippen molar-refractivity contribution in [2.75, 3.05) is 0 Å². The molecule has 1 aromatic heterocycles. The van der Waals surface area contributed by atoms with E-state index in [9.17, 15) is 14.7 Å². The summed E-state index contributed by atoms with van der Waals surface area (Å²) in [6, 6.07) is 12.5. The van der Waals surface area contributed by atoms with Crippen LogP contribution in [0.3, 0.4) is 0 Å². The second-order valence-electron chi connectivity index (χ2n) is 6.65. The minimum absolute atomic E-state index is 0.106. The number of nitrogens with one attached hydrogen (secondary N) is 1. The van der Waals surface area contributed by atoms with Crippen molar-refractivity contribution in [2.45, 2.75) is 18.9 Å². The molecule has 0 aliphatic heterocycles. The third kappa shape index (κ3) is 5.73. The van der Waals surface area contributed by atoms with Crippen LogP contribution in [0.15, 0.2) is 53.3 Å². The van der Waals surface area contributed by atoms with Crippen LogP contribution in [0, 0.1) is 7.14 Å². The molecule has 0 fully saturated rings. The van der Waals surface area contributed by atoms with Crippen LogP contribution in [0.25, 0.3) is 0 Å². The number of carboxylic acid groups (broad SMARTS) is 1. The molecule has 0 aliphatic rings. The molecule has 3 rings (SSSR count). The topological polar surface area (TPSA) is 126 Å². The van der Waals surface area contributed by atoms with E-state index in [-0.39, 0.29) is 17.7 Å². The summed E-state index contributed by atoms with van der Waals surface area (Å²) in [7, 11) is 0. The maximum Gasteiger partial charge on any atom is 0.320 e. The number of aromatic nitrogens is 1. The van der Waals surface area contributed by atoms with Crippen LogP contribution in [0.5, 0.6) is 17.2 Å². The summed E-state index contributed by atoms with van der Waals surface area (Å²) in [4.78, 5) is 25.2. The number of aromatic amines is 1. The van der Waals surface area contributed by atoms with E-state index in [1.807, 2.05) is 12.1 Å². The highest BCUT2D eigenvalue weighted by Gasteiger charge is 2.16. The van der Waals surface area contributed by atoms with Gasteiger partial charge in [0.05, 0.1) is 7.14 Å². The fourth-order valence-corrected chi connectivity index (χ4v) is 4.97. The van der Waals surface area contributed by atoms with Crippen LogP contribution in [-0.4, -0.2) is 27.2 Å². The number of rotatable bonds is 7. The van der Waals surface area contributed by atoms with E-state index in [0.717, 1.165) is 12.7 Å². The molecule has 1 heterocycles. The molecule has 30 heavy (non-hydrogen) atoms. The van der Waals surface area contributed by atoms with Crippen LogP contribution in [0.4, 0.5) is 0 Å². The number of ether oxygens (including phenoxy) is 1. The zero-order valence-corrected chi connectivity index (χ0v) is 19.9. The van der Waals surface area contributed by atoms with E-state index in [0.29, 0.717) is 29.2 Å². The van der Waals surface area contributed by atoms with Gasteiger partial charge in [-0.05, 0) is 93.6 Å². The standard InChI is InChI=1S/C21H18I2N2O5/c22-15-6-11(8-17(24)21(28)29)7-16(23)20(15)30-14-4-5-18(26)12(10-14)9-13-2-1-3-19(27)25-13/h1-7,10,17,26H,8-9,24H2,(H,25,27)(H,28,29)/t17-/m0/s1. The summed E-state index contributed by atoms with van der Waals surface area (Å²) in [6.07, 6.45) is 0.569. The number of nitrogens with two attached hydrogens (primary N) is 1. The van der Waals surface area contributed by atoms with Gasteiger partial charge >= 0.3 is 5.97 Å². The van der Waals surface area contributed by atoms with Crippen molar-refractivity contribution in [3.05, 3.63) is 82.8 Å². The summed E-state index contributed by atoms with van der Waals surface area (Å²) in [5, 5.41) is 19.2. The predicted molar refractivity (Wildman–Crippen MR) is 129 cm³/mol. The first-order chi connectivity index (χ1) is 14.2. The number of halogens is 2. The number of carboxylic acids is 1. The average Bonchev–Trinajstić information content (AvgIpc) is 2.67. The summed E-state index contributed by atoms with van der Waals surface area (Å²) in [5.41, 5.74) is 7.53. The van der Waals surface area contributed by atoms with Gasteiger partial charge < -0.3 is 25.7 Å². The number of hydrogen-bond donors (Lipinski definition) is 4. The van der Waals surface area contributed by atoms with Gasteiger partial charge in [-0.3, -0.25) is 9.59 Å². The number of pyridine rings is 1. The van der Waals surface area contributed by atoms with Crippen molar-refractivity contribution < 1.29 is 19.7 Å². The Labute approximate surface area is 199 Å². The van der Waals surface area contributed by atoms with Crippen molar-refractivity contribution in [3.63, 3.8) is 0 Å². The van der Waals surface area contributed by atoms with Crippen LogP contribution in [0.2, 0.25) is 0 Å². The fourth-order valence-electron chi connectivity index (χ4n) is 2.86. The third-order valence-corrected chi connectivity index (χ3v) is 5.91. The van der Waals surface area contributed by atoms with E-state index >= 15 is 0 Å². The zero-order valence-electron chi connectivity index (χ0n) is 15.6. The van der Waals surface area contributed by atoms with Gasteiger partial charge in [0.25, 0.3) is 0 Å². The molecule has 3 aromatic rings. The van der Waals surface area contributed by atoms with Crippen LogP contribution in [0.1, 0.15) is 16.8 Å². The normalized spacial score (nSPS) is 11.8. The van der Waals surface area contributed by atoms with E-state index in [1.165, 1.54) is 6.07 Å². The maximum absolute atomic E-state index is 11.5. The second-order valence-corrected chi connectivity index (χ2v) is 8.97. The first kappa shape index (κ1) is 22.6. The number of carbonyl (C=O) groups is 1. The van der Waals surface area contributed by atoms with Crippen molar-refractivity contribution in [1.82, 2.24) is 4.98 Å². The molecule has 156 valence electrons. The lowest BCUT2D eigenvalue weighted by molar-refractivity contribution is -0.138. The molecule has 1 atom stereocenters. The van der Waals surface area contributed by atoms with Crippen molar-refractivity contribution in [3.8, 4) is 17.2 Å². The van der Waals surface area contributed by atoms with Gasteiger partial charge in [0.1, 0.15) is 17.5 Å². The van der Waals surface area contributed by atoms with Crippen molar-refractivity contribution in [1.29, 1.82) is 0 Å². The largest absolute Gasteiger partial charge is 0.508 e. The van der Waals surface area contributed by atoms with Crippen molar-refractivity contribution >= 4 is 51.2 Å². The number of H-pyrrole nitrogens is 1. The molecule has 0 amide bonds. The Morgan fingerprint density at radius 3 is 2.47 bits per heavy atom. The number of aromatic hydroxyl groups is 1. The molecule has 0 saturated heterocycles. The average molecular weight is 632 g/mol. The molecule has 0 bridgehead atoms. The highest BCUT2D eigenvalue weighted by atomic mass is 127. The summed E-state index contributed by atoms with van der Waals surface area (Å²) in [6.45, 7) is 0. The molecule has 0 spiro atoms. The Kier molecular flexibility index (Phi) is 7.36. The lowest BCUT2D eigenvalue weighted by atomic mass is 10.1. The molecule has 2 aromatic carbocycles. The Morgan fingerprint density at radius 1 is 1.13 bits per heavy atom. The summed E-state index contributed by atoms with van der Waals surface area (Å²) >= 11 is 4.27. The van der Waals surface area contributed by atoms with Crippen LogP contribution in [-0.2, 0) is 17.6 Å². The highest BCUT2D eigenvalue weighted by molar-refractivity contribution is 14.1. The predicted octanol–water partition coefficient (Wildman–Crippen LogP) is 3.63. The SMILES string of the molecule is N[C@@H](Cc1cc(I)c(Oc2ccc(O)c(Cc3cccc(=O)[nH]3)c2)c(I)c1)C(=O)O. The molecule has 5 N–H and O–H groups in total.